The van der Waals surface area contributed by atoms with Gasteiger partial charge in [-0.25, -0.2) is 0 Å². The minimum absolute atomic E-state index is 0.0326. The number of nitrogens with zero attached hydrogens (tertiary/aromatic N) is 2. The Balaban J connectivity index is 1.77. The molecule has 1 heterocycles. The van der Waals surface area contributed by atoms with Crippen LogP contribution in [0.2, 0.25) is 0 Å². The fourth-order valence-corrected chi connectivity index (χ4v) is 3.25. The van der Waals surface area contributed by atoms with Crippen LogP contribution in [0, 0.1) is 0 Å². The molecular weight excluding hydrogens is 282 g/mol. The Morgan fingerprint density at radius 3 is 2.23 bits per heavy atom. The Hall–Kier alpha value is -1.14. The standard InChI is InChI=1S/C16H29N3O3/c1-12(15(20)17-14-6-4-5-7-14)18-8-10-19(11-9-18)16(21)13(2)22-3/h12-14H,4-11H2,1-3H3,(H,17,20)/t12-,13-/m0/s1. The summed E-state index contributed by atoms with van der Waals surface area (Å²) < 4.78 is 5.08. The Morgan fingerprint density at radius 2 is 1.68 bits per heavy atom. The first-order valence-corrected chi connectivity index (χ1v) is 8.39. The summed E-state index contributed by atoms with van der Waals surface area (Å²) in [5.74, 6) is 0.155. The summed E-state index contributed by atoms with van der Waals surface area (Å²) in [5.41, 5.74) is 0. The lowest BCUT2D eigenvalue weighted by Gasteiger charge is -2.38. The normalized spacial score (nSPS) is 23.3. The number of carbonyl (C=O) groups excluding carboxylic acids is 2. The van der Waals surface area contributed by atoms with Gasteiger partial charge in [0.25, 0.3) is 5.91 Å². The van der Waals surface area contributed by atoms with Gasteiger partial charge >= 0.3 is 0 Å². The summed E-state index contributed by atoms with van der Waals surface area (Å²) in [6.45, 7) is 6.52. The average Bonchev–Trinajstić information content (AvgIpc) is 3.05. The highest BCUT2D eigenvalue weighted by Gasteiger charge is 2.30. The first-order chi connectivity index (χ1) is 10.5. The van der Waals surface area contributed by atoms with E-state index < -0.39 is 6.10 Å². The topological polar surface area (TPSA) is 61.9 Å². The third-order valence-corrected chi connectivity index (χ3v) is 4.96. The lowest BCUT2D eigenvalue weighted by molar-refractivity contribution is -0.143. The van der Waals surface area contributed by atoms with E-state index >= 15 is 0 Å². The molecule has 1 aliphatic carbocycles. The minimum atomic E-state index is -0.394. The molecule has 1 N–H and O–H groups in total. The molecule has 0 radical (unpaired) electrons. The smallest absolute Gasteiger partial charge is 0.251 e. The van der Waals surface area contributed by atoms with Gasteiger partial charge in [0.15, 0.2) is 0 Å². The van der Waals surface area contributed by atoms with Crippen molar-refractivity contribution in [3.63, 3.8) is 0 Å². The second-order valence-electron chi connectivity index (χ2n) is 6.41. The van der Waals surface area contributed by atoms with Crippen molar-refractivity contribution in [1.82, 2.24) is 15.1 Å². The highest BCUT2D eigenvalue weighted by Crippen LogP contribution is 2.18. The molecule has 2 rings (SSSR count). The number of hydrogen-bond acceptors (Lipinski definition) is 4. The molecule has 1 aliphatic heterocycles. The van der Waals surface area contributed by atoms with Crippen molar-refractivity contribution in [2.24, 2.45) is 0 Å². The van der Waals surface area contributed by atoms with Gasteiger partial charge in [0, 0.05) is 39.3 Å². The van der Waals surface area contributed by atoms with E-state index in [2.05, 4.69) is 10.2 Å². The molecule has 6 heteroatoms. The molecule has 1 saturated carbocycles. The summed E-state index contributed by atoms with van der Waals surface area (Å²) in [6, 6.07) is 0.234. The largest absolute Gasteiger partial charge is 0.372 e. The molecule has 0 aromatic carbocycles. The third-order valence-electron chi connectivity index (χ3n) is 4.96. The number of amides is 2. The molecule has 6 nitrogen and oxygen atoms in total. The zero-order chi connectivity index (χ0) is 16.1. The molecule has 1 saturated heterocycles. The fraction of sp³-hybridized carbons (Fsp3) is 0.875. The van der Waals surface area contributed by atoms with Crippen molar-refractivity contribution in [2.75, 3.05) is 33.3 Å². The van der Waals surface area contributed by atoms with Crippen LogP contribution < -0.4 is 5.32 Å². The van der Waals surface area contributed by atoms with Crippen LogP contribution >= 0.6 is 0 Å². The number of nitrogens with one attached hydrogen (secondary N) is 1. The van der Waals surface area contributed by atoms with Gasteiger partial charge in [0.05, 0.1) is 6.04 Å². The van der Waals surface area contributed by atoms with Gasteiger partial charge in [-0.2, -0.15) is 0 Å². The van der Waals surface area contributed by atoms with Crippen LogP contribution in [0.1, 0.15) is 39.5 Å². The zero-order valence-corrected chi connectivity index (χ0v) is 14.0. The SMILES string of the molecule is CO[C@@H](C)C(=O)N1CCN([C@@H](C)C(=O)NC2CCCC2)CC1. The number of piperazine rings is 1. The van der Waals surface area contributed by atoms with Crippen molar-refractivity contribution in [3.05, 3.63) is 0 Å². The maximum absolute atomic E-state index is 12.3. The van der Waals surface area contributed by atoms with Crippen molar-refractivity contribution >= 4 is 11.8 Å². The van der Waals surface area contributed by atoms with Gasteiger partial charge in [-0.1, -0.05) is 12.8 Å². The van der Waals surface area contributed by atoms with E-state index in [4.69, 9.17) is 4.74 Å². The highest BCUT2D eigenvalue weighted by molar-refractivity contribution is 5.82. The number of ether oxygens (including phenoxy) is 1. The molecule has 0 unspecified atom stereocenters. The number of carbonyl (C=O) groups is 2. The lowest BCUT2D eigenvalue weighted by atomic mass is 10.1. The van der Waals surface area contributed by atoms with E-state index in [1.165, 1.54) is 12.8 Å². The predicted octanol–water partition coefficient (Wildman–Crippen LogP) is 0.613. The van der Waals surface area contributed by atoms with Crippen LogP contribution in [0.3, 0.4) is 0 Å². The van der Waals surface area contributed by atoms with Gasteiger partial charge in [0.1, 0.15) is 6.10 Å². The summed E-state index contributed by atoms with van der Waals surface area (Å²) >= 11 is 0. The molecule has 2 fully saturated rings. The van der Waals surface area contributed by atoms with Gasteiger partial charge in [-0.3, -0.25) is 14.5 Å². The van der Waals surface area contributed by atoms with Crippen molar-refractivity contribution in [2.45, 2.75) is 57.7 Å². The van der Waals surface area contributed by atoms with Crippen LogP contribution in [0.5, 0.6) is 0 Å². The van der Waals surface area contributed by atoms with E-state index in [-0.39, 0.29) is 17.9 Å². The Bertz CT molecular complexity index is 388. The van der Waals surface area contributed by atoms with Crippen LogP contribution in [-0.4, -0.2) is 73.1 Å². The van der Waals surface area contributed by atoms with Crippen LogP contribution in [-0.2, 0) is 14.3 Å². The van der Waals surface area contributed by atoms with Crippen LogP contribution in [0.4, 0.5) is 0 Å². The number of hydrogen-bond donors (Lipinski definition) is 1. The number of methoxy groups -OCH3 is 1. The Kier molecular flexibility index (Phi) is 6.20. The minimum Gasteiger partial charge on any atom is -0.372 e. The molecule has 0 aromatic heterocycles. The van der Waals surface area contributed by atoms with Gasteiger partial charge in [-0.15, -0.1) is 0 Å². The van der Waals surface area contributed by atoms with Crippen molar-refractivity contribution in [1.29, 1.82) is 0 Å². The average molecular weight is 311 g/mol. The van der Waals surface area contributed by atoms with Gasteiger partial charge < -0.3 is 15.0 Å². The summed E-state index contributed by atoms with van der Waals surface area (Å²) in [4.78, 5) is 28.4. The van der Waals surface area contributed by atoms with E-state index in [1.54, 1.807) is 14.0 Å². The van der Waals surface area contributed by atoms with Gasteiger partial charge in [-0.05, 0) is 26.7 Å². The molecule has 2 amide bonds. The molecular formula is C16H29N3O3. The van der Waals surface area contributed by atoms with E-state index in [0.717, 1.165) is 25.9 Å². The molecule has 0 aromatic rings. The van der Waals surface area contributed by atoms with Crippen LogP contribution in [0.25, 0.3) is 0 Å². The number of rotatable bonds is 5. The zero-order valence-electron chi connectivity index (χ0n) is 14.0. The first kappa shape index (κ1) is 17.2. The fourth-order valence-electron chi connectivity index (χ4n) is 3.25. The quantitative estimate of drug-likeness (QED) is 0.808. The van der Waals surface area contributed by atoms with Crippen molar-refractivity contribution < 1.29 is 14.3 Å². The first-order valence-electron chi connectivity index (χ1n) is 8.39. The Labute approximate surface area is 133 Å². The third kappa shape index (κ3) is 4.20. The predicted molar refractivity (Wildman–Crippen MR) is 84.5 cm³/mol. The second-order valence-corrected chi connectivity index (χ2v) is 6.41. The summed E-state index contributed by atoms with van der Waals surface area (Å²) in [7, 11) is 1.55. The summed E-state index contributed by atoms with van der Waals surface area (Å²) in [5, 5.41) is 3.16. The van der Waals surface area contributed by atoms with E-state index in [9.17, 15) is 9.59 Å². The summed E-state index contributed by atoms with van der Waals surface area (Å²) in [6.07, 6.45) is 4.26. The molecule has 2 atom stereocenters. The van der Waals surface area contributed by atoms with Crippen molar-refractivity contribution in [3.8, 4) is 0 Å². The molecule has 126 valence electrons. The van der Waals surface area contributed by atoms with Gasteiger partial charge in [0.2, 0.25) is 5.91 Å². The maximum atomic E-state index is 12.3. The van der Waals surface area contributed by atoms with E-state index in [1.807, 2.05) is 11.8 Å². The maximum Gasteiger partial charge on any atom is 0.251 e. The molecule has 0 bridgehead atoms. The molecule has 2 aliphatic rings. The van der Waals surface area contributed by atoms with E-state index in [0.29, 0.717) is 19.1 Å². The lowest BCUT2D eigenvalue weighted by Crippen LogP contribution is -2.56. The second kappa shape index (κ2) is 7.92. The highest BCUT2D eigenvalue weighted by atomic mass is 16.5. The molecule has 22 heavy (non-hydrogen) atoms. The molecule has 0 spiro atoms. The monoisotopic (exact) mass is 311 g/mol. The van der Waals surface area contributed by atoms with Crippen LogP contribution in [0.15, 0.2) is 0 Å². The Morgan fingerprint density at radius 1 is 1.09 bits per heavy atom.